The Morgan fingerprint density at radius 2 is 0.865 bits per heavy atom. The molecule has 5 aliphatic rings. The smallest absolute Gasteiger partial charge is 0.187 e. The van der Waals surface area contributed by atoms with E-state index in [0.29, 0.717) is 0 Å². The second kappa shape index (κ2) is 17.9. The topological polar surface area (TPSA) is 387 Å². The summed E-state index contributed by atoms with van der Waals surface area (Å²) in [5.41, 5.74) is 0. The first kappa shape index (κ1) is 42.2. The van der Waals surface area contributed by atoms with E-state index in [2.05, 4.69) is 0 Å². The summed E-state index contributed by atoms with van der Waals surface area (Å²) in [7, 11) is 0. The molecule has 0 spiro atoms. The highest BCUT2D eigenvalue weighted by molar-refractivity contribution is 4.98. The molecule has 0 saturated carbocycles. The number of ether oxygens (including phenoxy) is 9. The fraction of sp³-hybridized carbons (Fsp3) is 1.00. The van der Waals surface area contributed by atoms with Crippen molar-refractivity contribution in [3.05, 3.63) is 0 Å². The van der Waals surface area contributed by atoms with Gasteiger partial charge in [-0.1, -0.05) is 0 Å². The average molecular weight is 769 g/mol. The molecule has 0 bridgehead atoms. The molecule has 5 fully saturated rings. The molecule has 0 unspecified atom stereocenters. The van der Waals surface area contributed by atoms with Gasteiger partial charge in [0.05, 0.1) is 33.0 Å². The molecule has 15 N–H and O–H groups in total. The zero-order valence-electron chi connectivity index (χ0n) is 27.2. The van der Waals surface area contributed by atoms with Gasteiger partial charge in [0.2, 0.25) is 0 Å². The van der Waals surface area contributed by atoms with E-state index in [1.165, 1.54) is 0 Å². The number of hydrogen-bond donors (Lipinski definition) is 15. The Balaban J connectivity index is 1.43. The fourth-order valence-electron chi connectivity index (χ4n) is 6.39. The molecule has 304 valence electrons. The summed E-state index contributed by atoms with van der Waals surface area (Å²) < 4.78 is 50.3. The lowest BCUT2D eigenvalue weighted by Crippen LogP contribution is -2.67. The van der Waals surface area contributed by atoms with Crippen molar-refractivity contribution in [1.82, 2.24) is 0 Å². The summed E-state index contributed by atoms with van der Waals surface area (Å²) in [6.07, 6.45) is -41.1. The van der Waals surface area contributed by atoms with Crippen LogP contribution in [0, 0.1) is 0 Å². The molecule has 0 aliphatic carbocycles. The molecule has 23 atom stereocenters. The number of aliphatic hydroxyl groups excluding tert-OH is 15. The van der Waals surface area contributed by atoms with Gasteiger partial charge in [0.15, 0.2) is 31.5 Å². The minimum atomic E-state index is -2.02. The second-order valence-corrected chi connectivity index (χ2v) is 13.1. The van der Waals surface area contributed by atoms with Gasteiger partial charge in [-0.05, 0) is 0 Å². The Kier molecular flexibility index (Phi) is 14.5. The molecule has 24 heteroatoms. The standard InChI is InChI=1S/C28H48O24/c29-1-7-12(34)17(39)20(42)26(47-7)50-21-15(37)9(3-31)49-28(23(21)52-25-19(41)13(35)8(2-30)48-25)51-22-11(33)6(32)4-44-27(22)45-5-10-14(36)16(38)18(40)24(43)46-10/h6-43H,1-5H2/t6-,7+,8-,9+,10+,11-,12+,13-,14+,15+,16-,17-,18+,19+,20+,21-,22+,23+,24+,25-,26-,27-,28-/m0/s1. The zero-order valence-corrected chi connectivity index (χ0v) is 27.2. The monoisotopic (exact) mass is 768 g/mol. The first-order valence-electron chi connectivity index (χ1n) is 16.4. The highest BCUT2D eigenvalue weighted by Crippen LogP contribution is 2.36. The lowest BCUT2D eigenvalue weighted by molar-refractivity contribution is -0.397. The van der Waals surface area contributed by atoms with Crippen LogP contribution in [-0.2, 0) is 42.6 Å². The largest absolute Gasteiger partial charge is 0.394 e. The van der Waals surface area contributed by atoms with Crippen molar-refractivity contribution in [3.8, 4) is 0 Å². The molecule has 52 heavy (non-hydrogen) atoms. The van der Waals surface area contributed by atoms with E-state index in [1.54, 1.807) is 0 Å². The van der Waals surface area contributed by atoms with Crippen LogP contribution in [-0.4, -0.2) is 251 Å². The van der Waals surface area contributed by atoms with Gasteiger partial charge in [0.1, 0.15) is 110 Å². The van der Waals surface area contributed by atoms with Gasteiger partial charge in [-0.15, -0.1) is 0 Å². The predicted molar refractivity (Wildman–Crippen MR) is 155 cm³/mol. The van der Waals surface area contributed by atoms with Crippen molar-refractivity contribution in [2.24, 2.45) is 0 Å². The quantitative estimate of drug-likeness (QED) is 0.0876. The molecule has 0 aromatic rings. The van der Waals surface area contributed by atoms with Crippen LogP contribution in [0.1, 0.15) is 0 Å². The molecule has 5 aliphatic heterocycles. The summed E-state index contributed by atoms with van der Waals surface area (Å²) in [5, 5.41) is 154. The van der Waals surface area contributed by atoms with Gasteiger partial charge in [0.25, 0.3) is 0 Å². The van der Waals surface area contributed by atoms with Crippen LogP contribution < -0.4 is 0 Å². The predicted octanol–water partition coefficient (Wildman–Crippen LogP) is -10.6. The molecule has 0 radical (unpaired) electrons. The summed E-state index contributed by atoms with van der Waals surface area (Å²) in [6.45, 7) is -3.81. The summed E-state index contributed by atoms with van der Waals surface area (Å²) >= 11 is 0. The van der Waals surface area contributed by atoms with E-state index in [9.17, 15) is 76.6 Å². The first-order chi connectivity index (χ1) is 24.6. The maximum absolute atomic E-state index is 11.3. The summed E-state index contributed by atoms with van der Waals surface area (Å²) in [4.78, 5) is 0. The third-order valence-electron chi connectivity index (χ3n) is 9.56. The summed E-state index contributed by atoms with van der Waals surface area (Å²) in [6, 6.07) is 0. The minimum Gasteiger partial charge on any atom is -0.394 e. The maximum Gasteiger partial charge on any atom is 0.187 e. The van der Waals surface area contributed by atoms with E-state index >= 15 is 0 Å². The van der Waals surface area contributed by atoms with Crippen molar-refractivity contribution in [2.75, 3.05) is 33.0 Å². The van der Waals surface area contributed by atoms with E-state index in [4.69, 9.17) is 42.6 Å². The Hall–Kier alpha value is -0.960. The van der Waals surface area contributed by atoms with Crippen molar-refractivity contribution in [3.63, 3.8) is 0 Å². The zero-order chi connectivity index (χ0) is 38.2. The van der Waals surface area contributed by atoms with Crippen LogP contribution in [0.5, 0.6) is 0 Å². The number of hydrogen-bond acceptors (Lipinski definition) is 24. The van der Waals surface area contributed by atoms with Crippen LogP contribution in [0.15, 0.2) is 0 Å². The highest BCUT2D eigenvalue weighted by Gasteiger charge is 2.56. The molecule has 0 aromatic carbocycles. The average Bonchev–Trinajstić information content (AvgIpc) is 3.40. The Labute approximate surface area is 293 Å². The second-order valence-electron chi connectivity index (χ2n) is 13.1. The van der Waals surface area contributed by atoms with E-state index < -0.39 is 174 Å². The normalized spacial score (nSPS) is 53.2. The lowest BCUT2D eigenvalue weighted by atomic mass is 9.96. The molecule has 5 heterocycles. The SMILES string of the molecule is OC[C@@H]1O[C@@H](O[C@H]2[C@H](O[C@H]3[C@H](OC[C@H]4O[C@@H](O)[C@H](O)[C@@H](O)[C@@H]4O)OC[C@H](O)[C@@H]3O)O[C@H](CO)[C@@H](O)[C@@H]2O[C@@H]2O[C@H](CO)[C@@H](O)[C@H](O)[C@H]2O)[C@H](O)[C@H]1O. The van der Waals surface area contributed by atoms with Crippen LogP contribution in [0.2, 0.25) is 0 Å². The number of aliphatic hydroxyl groups is 15. The van der Waals surface area contributed by atoms with E-state index in [-0.39, 0.29) is 0 Å². The van der Waals surface area contributed by atoms with Gasteiger partial charge in [0, 0.05) is 0 Å². The van der Waals surface area contributed by atoms with Crippen LogP contribution in [0.25, 0.3) is 0 Å². The van der Waals surface area contributed by atoms with Gasteiger partial charge in [-0.25, -0.2) is 0 Å². The Morgan fingerprint density at radius 1 is 0.404 bits per heavy atom. The van der Waals surface area contributed by atoms with Crippen molar-refractivity contribution >= 4 is 0 Å². The van der Waals surface area contributed by atoms with Crippen molar-refractivity contribution < 1.29 is 119 Å². The number of rotatable bonds is 12. The third-order valence-corrected chi connectivity index (χ3v) is 9.56. The van der Waals surface area contributed by atoms with Gasteiger partial charge >= 0.3 is 0 Å². The molecular formula is C28H48O24. The molecule has 5 rings (SSSR count). The van der Waals surface area contributed by atoms with E-state index in [1.807, 2.05) is 0 Å². The third kappa shape index (κ3) is 8.55. The maximum atomic E-state index is 11.3. The summed E-state index contributed by atoms with van der Waals surface area (Å²) in [5.74, 6) is 0. The lowest BCUT2D eigenvalue weighted by Gasteiger charge is -2.49. The molecular weight excluding hydrogens is 720 g/mol. The van der Waals surface area contributed by atoms with E-state index in [0.717, 1.165) is 0 Å². The van der Waals surface area contributed by atoms with Crippen LogP contribution in [0.4, 0.5) is 0 Å². The van der Waals surface area contributed by atoms with Crippen molar-refractivity contribution in [1.29, 1.82) is 0 Å². The van der Waals surface area contributed by atoms with Gasteiger partial charge in [-0.3, -0.25) is 0 Å². The molecule has 5 saturated heterocycles. The van der Waals surface area contributed by atoms with Crippen LogP contribution >= 0.6 is 0 Å². The molecule has 24 nitrogen and oxygen atoms in total. The van der Waals surface area contributed by atoms with Crippen molar-refractivity contribution in [2.45, 2.75) is 141 Å². The van der Waals surface area contributed by atoms with Gasteiger partial charge < -0.3 is 119 Å². The van der Waals surface area contributed by atoms with Crippen LogP contribution in [0.3, 0.4) is 0 Å². The Morgan fingerprint density at radius 3 is 1.46 bits per heavy atom. The molecule has 0 aromatic heterocycles. The highest BCUT2D eigenvalue weighted by atomic mass is 16.8. The minimum absolute atomic E-state index is 0.543. The Bertz CT molecular complexity index is 1110. The fourth-order valence-corrected chi connectivity index (χ4v) is 6.39. The molecule has 0 amide bonds. The van der Waals surface area contributed by atoms with Gasteiger partial charge in [-0.2, -0.15) is 0 Å². The first-order valence-corrected chi connectivity index (χ1v) is 16.4.